The maximum absolute atomic E-state index is 13.8. The molecular weight excluding hydrogens is 369 g/mol. The number of aromatic nitrogens is 2. The van der Waals surface area contributed by atoms with Crippen LogP contribution in [0.25, 0.3) is 0 Å². The SMILES string of the molecule is C=CCSc1nc2c(c(=O)[nH]1)[C@@H](c1cccc(F)c1)C(C(=O)OC)=C(C)N2. The van der Waals surface area contributed by atoms with Crippen LogP contribution in [0.2, 0.25) is 0 Å². The van der Waals surface area contributed by atoms with Crippen LogP contribution in [0.1, 0.15) is 24.0 Å². The number of halogens is 1. The van der Waals surface area contributed by atoms with Crippen LogP contribution in [0.3, 0.4) is 0 Å². The predicted molar refractivity (Wildman–Crippen MR) is 102 cm³/mol. The van der Waals surface area contributed by atoms with E-state index in [1.54, 1.807) is 19.1 Å². The van der Waals surface area contributed by atoms with Crippen molar-refractivity contribution in [1.82, 2.24) is 9.97 Å². The molecule has 0 spiro atoms. The van der Waals surface area contributed by atoms with E-state index in [0.29, 0.717) is 28.0 Å². The van der Waals surface area contributed by atoms with Gasteiger partial charge in [0.05, 0.1) is 24.2 Å². The van der Waals surface area contributed by atoms with Gasteiger partial charge in [0.15, 0.2) is 5.16 Å². The Hall–Kier alpha value is -2.87. The van der Waals surface area contributed by atoms with Crippen LogP contribution >= 0.6 is 11.8 Å². The standard InChI is InChI=1S/C19H18FN3O3S/c1-4-8-27-19-22-16-15(17(24)23-19)14(11-6-5-7-12(20)9-11)13(10(2)21-16)18(25)26-3/h4-7,9,14H,1,8H2,2-3H3,(H2,21,22,23,24)/t14-/m0/s1. The highest BCUT2D eigenvalue weighted by Gasteiger charge is 2.36. The van der Waals surface area contributed by atoms with Gasteiger partial charge >= 0.3 is 5.97 Å². The Balaban J connectivity index is 2.23. The minimum atomic E-state index is -0.792. The minimum Gasteiger partial charge on any atom is -0.466 e. The van der Waals surface area contributed by atoms with Crippen molar-refractivity contribution >= 4 is 23.5 Å². The number of rotatable bonds is 5. The molecule has 0 unspecified atom stereocenters. The molecule has 0 fully saturated rings. The van der Waals surface area contributed by atoms with Crippen molar-refractivity contribution in [2.24, 2.45) is 0 Å². The number of thioether (sulfide) groups is 1. The molecular formula is C19H18FN3O3S. The molecule has 0 radical (unpaired) electrons. The highest BCUT2D eigenvalue weighted by molar-refractivity contribution is 7.99. The molecule has 1 aliphatic rings. The lowest BCUT2D eigenvalue weighted by Crippen LogP contribution is -2.31. The fourth-order valence-corrected chi connectivity index (χ4v) is 3.63. The van der Waals surface area contributed by atoms with Gasteiger partial charge in [-0.25, -0.2) is 14.2 Å². The van der Waals surface area contributed by atoms with Crippen molar-refractivity contribution in [2.75, 3.05) is 18.2 Å². The molecule has 0 saturated carbocycles. The molecule has 27 heavy (non-hydrogen) atoms. The highest BCUT2D eigenvalue weighted by atomic mass is 32.2. The lowest BCUT2D eigenvalue weighted by atomic mass is 9.82. The predicted octanol–water partition coefficient (Wildman–Crippen LogP) is 3.19. The number of anilines is 1. The number of aromatic amines is 1. The fourth-order valence-electron chi connectivity index (χ4n) is 3.04. The summed E-state index contributed by atoms with van der Waals surface area (Å²) < 4.78 is 18.7. The van der Waals surface area contributed by atoms with Crippen molar-refractivity contribution in [2.45, 2.75) is 18.0 Å². The number of H-pyrrole nitrogens is 1. The average Bonchev–Trinajstić information content (AvgIpc) is 2.64. The quantitative estimate of drug-likeness (QED) is 0.355. The summed E-state index contributed by atoms with van der Waals surface area (Å²) in [5, 5.41) is 3.44. The Labute approximate surface area is 159 Å². The van der Waals surface area contributed by atoms with Crippen molar-refractivity contribution in [1.29, 1.82) is 0 Å². The molecule has 6 nitrogen and oxygen atoms in total. The third-order valence-electron chi connectivity index (χ3n) is 4.15. The number of carbonyl (C=O) groups excluding carboxylic acids is 1. The number of methoxy groups -OCH3 is 1. The first kappa shape index (κ1) is 18.9. The summed E-state index contributed by atoms with van der Waals surface area (Å²) in [5.41, 5.74) is 1.06. The molecule has 140 valence electrons. The van der Waals surface area contributed by atoms with E-state index in [-0.39, 0.29) is 11.1 Å². The molecule has 1 aliphatic heterocycles. The second kappa shape index (κ2) is 7.79. The van der Waals surface area contributed by atoms with Crippen molar-refractivity contribution in [3.8, 4) is 0 Å². The molecule has 8 heteroatoms. The van der Waals surface area contributed by atoms with E-state index in [9.17, 15) is 14.0 Å². The van der Waals surface area contributed by atoms with Gasteiger partial charge < -0.3 is 15.0 Å². The number of nitrogens with zero attached hydrogens (tertiary/aromatic N) is 1. The van der Waals surface area contributed by atoms with Crippen LogP contribution in [-0.4, -0.2) is 28.8 Å². The third kappa shape index (κ3) is 3.66. The lowest BCUT2D eigenvalue weighted by molar-refractivity contribution is -0.136. The van der Waals surface area contributed by atoms with E-state index >= 15 is 0 Å². The molecule has 0 amide bonds. The lowest BCUT2D eigenvalue weighted by Gasteiger charge is -2.28. The number of esters is 1. The summed E-state index contributed by atoms with van der Waals surface area (Å²) >= 11 is 1.33. The van der Waals surface area contributed by atoms with Gasteiger partial charge in [0.1, 0.15) is 11.6 Å². The zero-order valence-corrected chi connectivity index (χ0v) is 15.7. The van der Waals surface area contributed by atoms with E-state index < -0.39 is 23.3 Å². The number of hydrogen-bond donors (Lipinski definition) is 2. The smallest absolute Gasteiger partial charge is 0.336 e. The second-order valence-electron chi connectivity index (χ2n) is 5.88. The van der Waals surface area contributed by atoms with Crippen molar-refractivity contribution < 1.29 is 13.9 Å². The molecule has 2 heterocycles. The van der Waals surface area contributed by atoms with Crippen LogP contribution in [-0.2, 0) is 9.53 Å². The van der Waals surface area contributed by atoms with Crippen LogP contribution in [0, 0.1) is 5.82 Å². The van der Waals surface area contributed by atoms with Crippen LogP contribution in [0.5, 0.6) is 0 Å². The molecule has 2 N–H and O–H groups in total. The maximum Gasteiger partial charge on any atom is 0.336 e. The van der Waals surface area contributed by atoms with Gasteiger partial charge in [-0.1, -0.05) is 30.0 Å². The minimum absolute atomic E-state index is 0.245. The summed E-state index contributed by atoms with van der Waals surface area (Å²) in [6, 6.07) is 5.80. The van der Waals surface area contributed by atoms with Gasteiger partial charge in [0.2, 0.25) is 0 Å². The maximum atomic E-state index is 13.8. The molecule has 1 aromatic carbocycles. The second-order valence-corrected chi connectivity index (χ2v) is 6.89. The fraction of sp³-hybridized carbons (Fsp3) is 0.211. The van der Waals surface area contributed by atoms with Gasteiger partial charge in [-0.15, -0.1) is 6.58 Å². The average molecular weight is 387 g/mol. The highest BCUT2D eigenvalue weighted by Crippen LogP contribution is 2.40. The molecule has 3 rings (SSSR count). The van der Waals surface area contributed by atoms with Crippen molar-refractivity contribution in [3.63, 3.8) is 0 Å². The first-order chi connectivity index (χ1) is 13.0. The molecule has 0 bridgehead atoms. The third-order valence-corrected chi connectivity index (χ3v) is 5.02. The first-order valence-corrected chi connectivity index (χ1v) is 9.14. The summed E-state index contributed by atoms with van der Waals surface area (Å²) in [6.45, 7) is 5.34. The number of fused-ring (bicyclic) bond motifs is 1. The molecule has 1 aromatic heterocycles. The van der Waals surface area contributed by atoms with Gasteiger partial charge in [-0.05, 0) is 24.6 Å². The van der Waals surface area contributed by atoms with Crippen LogP contribution < -0.4 is 10.9 Å². The van der Waals surface area contributed by atoms with E-state index in [0.717, 1.165) is 0 Å². The van der Waals surface area contributed by atoms with Gasteiger partial charge in [0, 0.05) is 11.4 Å². The van der Waals surface area contributed by atoms with Gasteiger partial charge in [-0.2, -0.15) is 0 Å². The van der Waals surface area contributed by atoms with E-state index in [1.165, 1.54) is 37.1 Å². The summed E-state index contributed by atoms with van der Waals surface area (Å²) in [6.07, 6.45) is 1.70. The summed E-state index contributed by atoms with van der Waals surface area (Å²) in [5.74, 6) is -0.928. The Morgan fingerprint density at radius 3 is 2.93 bits per heavy atom. The topological polar surface area (TPSA) is 84.1 Å². The first-order valence-electron chi connectivity index (χ1n) is 8.15. The van der Waals surface area contributed by atoms with Crippen molar-refractivity contribution in [3.05, 3.63) is 75.5 Å². The monoisotopic (exact) mass is 387 g/mol. The Morgan fingerprint density at radius 2 is 2.26 bits per heavy atom. The van der Waals surface area contributed by atoms with E-state index in [1.807, 2.05) is 0 Å². The largest absolute Gasteiger partial charge is 0.466 e. The van der Waals surface area contributed by atoms with Gasteiger partial charge in [0.25, 0.3) is 5.56 Å². The zero-order valence-electron chi connectivity index (χ0n) is 14.8. The Bertz CT molecular complexity index is 1000. The number of carbonyl (C=O) groups is 1. The number of ether oxygens (including phenoxy) is 1. The molecule has 0 aliphatic carbocycles. The van der Waals surface area contributed by atoms with E-state index in [4.69, 9.17) is 4.74 Å². The Morgan fingerprint density at radius 1 is 1.48 bits per heavy atom. The number of allylic oxidation sites excluding steroid dienone is 1. The van der Waals surface area contributed by atoms with E-state index in [2.05, 4.69) is 21.9 Å². The zero-order chi connectivity index (χ0) is 19.6. The summed E-state index contributed by atoms with van der Waals surface area (Å²) in [4.78, 5) is 32.4. The Kier molecular flexibility index (Phi) is 5.46. The number of hydrogen-bond acceptors (Lipinski definition) is 6. The normalized spacial score (nSPS) is 15.7. The molecule has 0 saturated heterocycles. The van der Waals surface area contributed by atoms with Crippen LogP contribution in [0.15, 0.2) is 58.1 Å². The number of nitrogens with one attached hydrogen (secondary N) is 2. The van der Waals surface area contributed by atoms with Crippen LogP contribution in [0.4, 0.5) is 10.2 Å². The summed E-state index contributed by atoms with van der Waals surface area (Å²) in [7, 11) is 1.26. The molecule has 2 aromatic rings. The number of benzene rings is 1. The molecule has 1 atom stereocenters. The van der Waals surface area contributed by atoms with Gasteiger partial charge in [-0.3, -0.25) is 4.79 Å².